The van der Waals surface area contributed by atoms with Gasteiger partial charge < -0.3 is 5.32 Å². The van der Waals surface area contributed by atoms with Crippen LogP contribution in [0.3, 0.4) is 0 Å². The Balaban J connectivity index is 1.76. The number of anilines is 1. The molecule has 3 rings (SSSR count). The number of hydrogen-bond donors (Lipinski definition) is 2. The van der Waals surface area contributed by atoms with Crippen LogP contribution in [0.25, 0.3) is 0 Å². The van der Waals surface area contributed by atoms with Gasteiger partial charge in [-0.3, -0.25) is 4.72 Å². The summed E-state index contributed by atoms with van der Waals surface area (Å²) >= 11 is 0. The lowest BCUT2D eigenvalue weighted by Crippen LogP contribution is -2.23. The highest BCUT2D eigenvalue weighted by atomic mass is 32.2. The number of sulfonamides is 1. The van der Waals surface area contributed by atoms with Crippen LogP contribution in [0.15, 0.2) is 47.4 Å². The van der Waals surface area contributed by atoms with Crippen molar-refractivity contribution in [2.24, 2.45) is 0 Å². The second-order valence-electron chi connectivity index (χ2n) is 6.26. The predicted molar refractivity (Wildman–Crippen MR) is 97.7 cm³/mol. The van der Waals surface area contributed by atoms with Crippen molar-refractivity contribution < 1.29 is 8.42 Å². The summed E-state index contributed by atoms with van der Waals surface area (Å²) in [5.74, 6) is 0. The number of hydrogen-bond acceptors (Lipinski definition) is 3. The van der Waals surface area contributed by atoms with E-state index in [9.17, 15) is 8.42 Å². The van der Waals surface area contributed by atoms with Crippen molar-refractivity contribution >= 4 is 15.7 Å². The zero-order chi connectivity index (χ0) is 17.0. The SMILES string of the molecule is CCCCc1ccc(S(=O)(=O)Nc2ccc3c(c2)CNCC3)cc1. The van der Waals surface area contributed by atoms with E-state index < -0.39 is 10.0 Å². The van der Waals surface area contributed by atoms with Gasteiger partial charge in [0.15, 0.2) is 0 Å². The van der Waals surface area contributed by atoms with Gasteiger partial charge in [0.2, 0.25) is 0 Å². The minimum Gasteiger partial charge on any atom is -0.312 e. The Labute approximate surface area is 144 Å². The monoisotopic (exact) mass is 344 g/mol. The molecule has 0 fully saturated rings. The molecule has 2 aromatic carbocycles. The molecule has 0 saturated heterocycles. The molecule has 0 spiro atoms. The molecule has 1 aliphatic rings. The predicted octanol–water partition coefficient (Wildman–Crippen LogP) is 3.48. The molecular weight excluding hydrogens is 320 g/mol. The zero-order valence-corrected chi connectivity index (χ0v) is 14.8. The number of benzene rings is 2. The molecule has 24 heavy (non-hydrogen) atoms. The zero-order valence-electron chi connectivity index (χ0n) is 14.0. The van der Waals surface area contributed by atoms with Crippen LogP contribution in [0.5, 0.6) is 0 Å². The molecule has 1 heterocycles. The second kappa shape index (κ2) is 7.36. The van der Waals surface area contributed by atoms with E-state index in [0.717, 1.165) is 44.3 Å². The molecule has 4 nitrogen and oxygen atoms in total. The maximum absolute atomic E-state index is 12.6. The van der Waals surface area contributed by atoms with E-state index in [2.05, 4.69) is 17.0 Å². The van der Waals surface area contributed by atoms with Gasteiger partial charge in [-0.05, 0) is 66.8 Å². The number of fused-ring (bicyclic) bond motifs is 1. The average Bonchev–Trinajstić information content (AvgIpc) is 2.60. The fourth-order valence-electron chi connectivity index (χ4n) is 2.97. The van der Waals surface area contributed by atoms with Crippen molar-refractivity contribution in [1.82, 2.24) is 5.32 Å². The van der Waals surface area contributed by atoms with Gasteiger partial charge in [-0.15, -0.1) is 0 Å². The molecule has 0 aliphatic carbocycles. The minimum atomic E-state index is -3.55. The Morgan fingerprint density at radius 1 is 1.08 bits per heavy atom. The molecule has 2 aromatic rings. The molecule has 128 valence electrons. The molecular formula is C19H24N2O2S. The molecule has 0 bridgehead atoms. The molecule has 2 N–H and O–H groups in total. The number of aryl methyl sites for hydroxylation is 1. The summed E-state index contributed by atoms with van der Waals surface area (Å²) in [6.07, 6.45) is 4.23. The van der Waals surface area contributed by atoms with E-state index in [4.69, 9.17) is 0 Å². The van der Waals surface area contributed by atoms with Crippen LogP contribution in [0, 0.1) is 0 Å². The molecule has 0 radical (unpaired) electrons. The quantitative estimate of drug-likeness (QED) is 0.843. The standard InChI is InChI=1S/C19H24N2O2S/c1-2-3-4-15-5-9-19(10-6-15)24(22,23)21-18-8-7-16-11-12-20-14-17(16)13-18/h5-10,13,20-21H,2-4,11-12,14H2,1H3. The van der Waals surface area contributed by atoms with Crippen LogP contribution in [0.2, 0.25) is 0 Å². The summed E-state index contributed by atoms with van der Waals surface area (Å²) in [5.41, 5.74) is 4.25. The third-order valence-corrected chi connectivity index (χ3v) is 5.79. The number of rotatable bonds is 6. The van der Waals surface area contributed by atoms with Crippen molar-refractivity contribution in [3.05, 3.63) is 59.2 Å². The second-order valence-corrected chi connectivity index (χ2v) is 7.95. The van der Waals surface area contributed by atoms with Crippen LogP contribution >= 0.6 is 0 Å². The average molecular weight is 344 g/mol. The van der Waals surface area contributed by atoms with Gasteiger partial charge in [-0.2, -0.15) is 0 Å². The van der Waals surface area contributed by atoms with Crippen molar-refractivity contribution in [2.45, 2.75) is 44.0 Å². The molecule has 0 saturated carbocycles. The summed E-state index contributed by atoms with van der Waals surface area (Å²) in [4.78, 5) is 0.304. The third-order valence-electron chi connectivity index (χ3n) is 4.40. The summed E-state index contributed by atoms with van der Waals surface area (Å²) < 4.78 is 27.8. The lowest BCUT2D eigenvalue weighted by atomic mass is 10.0. The van der Waals surface area contributed by atoms with Gasteiger partial charge in [0.1, 0.15) is 0 Å². The van der Waals surface area contributed by atoms with E-state index >= 15 is 0 Å². The Bertz CT molecular complexity index is 799. The Hall–Kier alpha value is -1.85. The van der Waals surface area contributed by atoms with Gasteiger partial charge >= 0.3 is 0 Å². The smallest absolute Gasteiger partial charge is 0.261 e. The molecule has 0 aromatic heterocycles. The molecule has 5 heteroatoms. The van der Waals surface area contributed by atoms with Crippen molar-refractivity contribution in [3.8, 4) is 0 Å². The van der Waals surface area contributed by atoms with Crippen molar-refractivity contribution in [2.75, 3.05) is 11.3 Å². The lowest BCUT2D eigenvalue weighted by molar-refractivity contribution is 0.601. The Kier molecular flexibility index (Phi) is 5.21. The van der Waals surface area contributed by atoms with Crippen LogP contribution < -0.4 is 10.0 Å². The Morgan fingerprint density at radius 3 is 2.62 bits per heavy atom. The topological polar surface area (TPSA) is 58.2 Å². The van der Waals surface area contributed by atoms with E-state index in [-0.39, 0.29) is 0 Å². The molecule has 0 unspecified atom stereocenters. The van der Waals surface area contributed by atoms with E-state index in [1.54, 1.807) is 12.1 Å². The summed E-state index contributed by atoms with van der Waals surface area (Å²) in [6.45, 7) is 3.91. The first-order chi connectivity index (χ1) is 11.6. The van der Waals surface area contributed by atoms with Crippen molar-refractivity contribution in [1.29, 1.82) is 0 Å². The highest BCUT2D eigenvalue weighted by molar-refractivity contribution is 7.92. The fraction of sp³-hybridized carbons (Fsp3) is 0.368. The van der Waals surface area contributed by atoms with Crippen LogP contribution in [-0.2, 0) is 29.4 Å². The van der Waals surface area contributed by atoms with Gasteiger partial charge in [0.05, 0.1) is 4.90 Å². The highest BCUT2D eigenvalue weighted by Crippen LogP contribution is 2.22. The van der Waals surface area contributed by atoms with Gasteiger partial charge in [-0.1, -0.05) is 31.5 Å². The molecule has 1 aliphatic heterocycles. The Morgan fingerprint density at radius 2 is 1.88 bits per heavy atom. The largest absolute Gasteiger partial charge is 0.312 e. The minimum absolute atomic E-state index is 0.304. The summed E-state index contributed by atoms with van der Waals surface area (Å²) in [7, 11) is -3.55. The van der Waals surface area contributed by atoms with E-state index in [1.807, 2.05) is 30.3 Å². The van der Waals surface area contributed by atoms with Gasteiger partial charge in [0, 0.05) is 12.2 Å². The lowest BCUT2D eigenvalue weighted by Gasteiger charge is -2.18. The third kappa shape index (κ3) is 3.97. The van der Waals surface area contributed by atoms with Crippen molar-refractivity contribution in [3.63, 3.8) is 0 Å². The van der Waals surface area contributed by atoms with E-state index in [0.29, 0.717) is 10.6 Å². The summed E-state index contributed by atoms with van der Waals surface area (Å²) in [5, 5.41) is 3.31. The number of unbranched alkanes of at least 4 members (excludes halogenated alkanes) is 1. The summed E-state index contributed by atoms with van der Waals surface area (Å²) in [6, 6.07) is 13.0. The highest BCUT2D eigenvalue weighted by Gasteiger charge is 2.16. The first-order valence-corrected chi connectivity index (χ1v) is 10.0. The molecule has 0 amide bonds. The van der Waals surface area contributed by atoms with Gasteiger partial charge in [-0.25, -0.2) is 8.42 Å². The fourth-order valence-corrected chi connectivity index (χ4v) is 4.02. The normalized spacial score (nSPS) is 14.2. The number of nitrogens with one attached hydrogen (secondary N) is 2. The first-order valence-electron chi connectivity index (χ1n) is 8.53. The first kappa shape index (κ1) is 17.0. The van der Waals surface area contributed by atoms with Crippen LogP contribution in [0.1, 0.15) is 36.5 Å². The molecule has 0 atom stereocenters. The maximum atomic E-state index is 12.6. The van der Waals surface area contributed by atoms with Gasteiger partial charge in [0.25, 0.3) is 10.0 Å². The van der Waals surface area contributed by atoms with Crippen LogP contribution in [-0.4, -0.2) is 15.0 Å². The maximum Gasteiger partial charge on any atom is 0.261 e. The van der Waals surface area contributed by atoms with Crippen LogP contribution in [0.4, 0.5) is 5.69 Å². The van der Waals surface area contributed by atoms with E-state index in [1.165, 1.54) is 11.1 Å².